The van der Waals surface area contributed by atoms with Crippen molar-refractivity contribution < 1.29 is 4.79 Å². The first kappa shape index (κ1) is 17.6. The lowest BCUT2D eigenvalue weighted by Crippen LogP contribution is -2.30. The average Bonchev–Trinajstić information content (AvgIpc) is 2.64. The summed E-state index contributed by atoms with van der Waals surface area (Å²) in [6.45, 7) is 2.89. The summed E-state index contributed by atoms with van der Waals surface area (Å²) >= 11 is 0. The number of amides is 1. The van der Waals surface area contributed by atoms with E-state index in [4.69, 9.17) is 0 Å². The third kappa shape index (κ3) is 4.05. The Hall–Kier alpha value is -3.22. The fourth-order valence-electron chi connectivity index (χ4n) is 2.59. The van der Waals surface area contributed by atoms with Crippen LogP contribution in [0.25, 0.3) is 10.8 Å². The lowest BCUT2D eigenvalue weighted by Gasteiger charge is -2.14. The highest BCUT2D eigenvalue weighted by molar-refractivity contribution is 6.05. The van der Waals surface area contributed by atoms with Gasteiger partial charge in [0, 0.05) is 50.5 Å². The Bertz CT molecular complexity index is 920. The Kier molecular flexibility index (Phi) is 5.26. The zero-order valence-electron chi connectivity index (χ0n) is 15.2. The monoisotopic (exact) mass is 350 g/mol. The molecule has 0 fully saturated rings. The number of carbonyl (C=O) groups excluding carboxylic acids is 1. The van der Waals surface area contributed by atoms with E-state index in [1.165, 1.54) is 0 Å². The zero-order chi connectivity index (χ0) is 18.5. The molecule has 0 aliphatic heterocycles. The van der Waals surface area contributed by atoms with Gasteiger partial charge in [-0.1, -0.05) is 24.3 Å². The van der Waals surface area contributed by atoms with Gasteiger partial charge in [0.05, 0.1) is 0 Å². The normalized spacial score (nSPS) is 10.6. The highest BCUT2D eigenvalue weighted by Crippen LogP contribution is 2.16. The van der Waals surface area contributed by atoms with E-state index in [2.05, 4.69) is 25.6 Å². The van der Waals surface area contributed by atoms with Crippen molar-refractivity contribution in [2.75, 3.05) is 37.4 Å². The second-order valence-corrected chi connectivity index (χ2v) is 6.15. The summed E-state index contributed by atoms with van der Waals surface area (Å²) in [5.41, 5.74) is 1.32. The summed E-state index contributed by atoms with van der Waals surface area (Å²) in [5.74, 6) is 1.19. The molecule has 0 aliphatic carbocycles. The van der Waals surface area contributed by atoms with Crippen LogP contribution in [-0.2, 0) is 0 Å². The standard InChI is InChI=1S/C19H22N6O/c1-13-12-16(25(2)3)24-19(23-13)22-11-10-21-18(26)17-15-7-5-4-6-14(15)8-9-20-17/h4-9,12H,10-11H2,1-3H3,(H,21,26)(H,22,23,24). The number of hydrogen-bond acceptors (Lipinski definition) is 6. The van der Waals surface area contributed by atoms with Crippen molar-refractivity contribution in [3.05, 3.63) is 54.0 Å². The van der Waals surface area contributed by atoms with Crippen LogP contribution in [-0.4, -0.2) is 48.0 Å². The smallest absolute Gasteiger partial charge is 0.270 e. The topological polar surface area (TPSA) is 83.0 Å². The Labute approximate surface area is 152 Å². The van der Waals surface area contributed by atoms with E-state index in [1.54, 1.807) is 6.20 Å². The number of anilines is 2. The van der Waals surface area contributed by atoms with Crippen LogP contribution in [0.2, 0.25) is 0 Å². The van der Waals surface area contributed by atoms with E-state index in [0.29, 0.717) is 24.7 Å². The number of benzene rings is 1. The molecular weight excluding hydrogens is 328 g/mol. The second kappa shape index (κ2) is 7.77. The van der Waals surface area contributed by atoms with Crippen LogP contribution in [0.4, 0.5) is 11.8 Å². The molecule has 134 valence electrons. The molecule has 0 saturated heterocycles. The molecule has 0 radical (unpaired) electrons. The quantitative estimate of drug-likeness (QED) is 0.664. The van der Waals surface area contributed by atoms with Gasteiger partial charge in [-0.25, -0.2) is 4.98 Å². The molecule has 7 nitrogen and oxygen atoms in total. The Morgan fingerprint density at radius 1 is 1.12 bits per heavy atom. The largest absolute Gasteiger partial charge is 0.363 e. The number of carbonyl (C=O) groups is 1. The maximum Gasteiger partial charge on any atom is 0.270 e. The first-order chi connectivity index (χ1) is 12.5. The SMILES string of the molecule is Cc1cc(N(C)C)nc(NCCNC(=O)c2nccc3ccccc23)n1. The molecule has 2 heterocycles. The van der Waals surface area contributed by atoms with Crippen molar-refractivity contribution in [1.29, 1.82) is 0 Å². The maximum absolute atomic E-state index is 12.4. The minimum Gasteiger partial charge on any atom is -0.363 e. The Balaban J connectivity index is 1.59. The molecule has 3 aromatic rings. The minimum absolute atomic E-state index is 0.192. The number of fused-ring (bicyclic) bond motifs is 1. The highest BCUT2D eigenvalue weighted by Gasteiger charge is 2.10. The van der Waals surface area contributed by atoms with Gasteiger partial charge >= 0.3 is 0 Å². The van der Waals surface area contributed by atoms with Gasteiger partial charge < -0.3 is 15.5 Å². The Morgan fingerprint density at radius 2 is 1.92 bits per heavy atom. The molecule has 3 rings (SSSR count). The molecule has 26 heavy (non-hydrogen) atoms. The van der Waals surface area contributed by atoms with Crippen molar-refractivity contribution in [3.63, 3.8) is 0 Å². The van der Waals surface area contributed by atoms with Crippen LogP contribution in [0.1, 0.15) is 16.2 Å². The predicted molar refractivity (Wildman–Crippen MR) is 104 cm³/mol. The fraction of sp³-hybridized carbons (Fsp3) is 0.263. The number of nitrogens with one attached hydrogen (secondary N) is 2. The van der Waals surface area contributed by atoms with Gasteiger partial charge in [0.25, 0.3) is 5.91 Å². The van der Waals surface area contributed by atoms with E-state index in [9.17, 15) is 4.79 Å². The van der Waals surface area contributed by atoms with E-state index >= 15 is 0 Å². The lowest BCUT2D eigenvalue weighted by atomic mass is 10.1. The predicted octanol–water partition coefficient (Wildman–Crippen LogP) is 2.24. The molecule has 1 aromatic carbocycles. The molecule has 7 heteroatoms. The number of aryl methyl sites for hydroxylation is 1. The van der Waals surface area contributed by atoms with Crippen molar-refractivity contribution in [2.24, 2.45) is 0 Å². The third-order valence-electron chi connectivity index (χ3n) is 3.88. The van der Waals surface area contributed by atoms with E-state index in [1.807, 2.05) is 62.3 Å². The van der Waals surface area contributed by atoms with Gasteiger partial charge in [-0.2, -0.15) is 4.98 Å². The van der Waals surface area contributed by atoms with Gasteiger partial charge in [-0.05, 0) is 18.4 Å². The maximum atomic E-state index is 12.4. The molecule has 2 N–H and O–H groups in total. The Morgan fingerprint density at radius 3 is 2.73 bits per heavy atom. The minimum atomic E-state index is -0.192. The second-order valence-electron chi connectivity index (χ2n) is 6.15. The molecule has 0 spiro atoms. The molecule has 0 unspecified atom stereocenters. The van der Waals surface area contributed by atoms with Crippen LogP contribution >= 0.6 is 0 Å². The molecule has 0 saturated carbocycles. The first-order valence-corrected chi connectivity index (χ1v) is 8.43. The van der Waals surface area contributed by atoms with Crippen molar-refractivity contribution in [1.82, 2.24) is 20.3 Å². The molecule has 2 aromatic heterocycles. The van der Waals surface area contributed by atoms with Gasteiger partial charge in [0.1, 0.15) is 11.5 Å². The summed E-state index contributed by atoms with van der Waals surface area (Å²) in [5, 5.41) is 7.87. The zero-order valence-corrected chi connectivity index (χ0v) is 15.2. The van der Waals surface area contributed by atoms with E-state index in [0.717, 1.165) is 22.3 Å². The lowest BCUT2D eigenvalue weighted by molar-refractivity contribution is 0.0952. The van der Waals surface area contributed by atoms with E-state index < -0.39 is 0 Å². The fourth-order valence-corrected chi connectivity index (χ4v) is 2.59. The summed E-state index contributed by atoms with van der Waals surface area (Å²) in [7, 11) is 3.87. The van der Waals surface area contributed by atoms with Gasteiger partial charge in [-0.15, -0.1) is 0 Å². The van der Waals surface area contributed by atoms with Crippen molar-refractivity contribution >= 4 is 28.4 Å². The van der Waals surface area contributed by atoms with E-state index in [-0.39, 0.29) is 5.91 Å². The van der Waals surface area contributed by atoms with Gasteiger partial charge in [0.2, 0.25) is 5.95 Å². The van der Waals surface area contributed by atoms with Crippen molar-refractivity contribution in [3.8, 4) is 0 Å². The average molecular weight is 350 g/mol. The summed E-state index contributed by atoms with van der Waals surface area (Å²) < 4.78 is 0. The van der Waals surface area contributed by atoms with Crippen LogP contribution in [0.3, 0.4) is 0 Å². The first-order valence-electron chi connectivity index (χ1n) is 8.43. The summed E-state index contributed by atoms with van der Waals surface area (Å²) in [6.07, 6.45) is 1.65. The molecular formula is C19H22N6O. The highest BCUT2D eigenvalue weighted by atomic mass is 16.1. The number of pyridine rings is 1. The third-order valence-corrected chi connectivity index (χ3v) is 3.88. The number of nitrogens with zero attached hydrogens (tertiary/aromatic N) is 4. The van der Waals surface area contributed by atoms with Crippen LogP contribution in [0, 0.1) is 6.92 Å². The molecule has 0 atom stereocenters. The number of hydrogen-bond donors (Lipinski definition) is 2. The van der Waals surface area contributed by atoms with Crippen LogP contribution in [0.15, 0.2) is 42.6 Å². The molecule has 1 amide bonds. The van der Waals surface area contributed by atoms with Crippen LogP contribution < -0.4 is 15.5 Å². The van der Waals surface area contributed by atoms with Gasteiger partial charge in [0.15, 0.2) is 0 Å². The van der Waals surface area contributed by atoms with Crippen molar-refractivity contribution in [2.45, 2.75) is 6.92 Å². The summed E-state index contributed by atoms with van der Waals surface area (Å²) in [4.78, 5) is 27.4. The molecule has 0 bridgehead atoms. The number of aromatic nitrogens is 3. The van der Waals surface area contributed by atoms with Crippen LogP contribution in [0.5, 0.6) is 0 Å². The number of rotatable bonds is 6. The molecule has 0 aliphatic rings. The summed E-state index contributed by atoms with van der Waals surface area (Å²) in [6, 6.07) is 11.5. The van der Waals surface area contributed by atoms with Gasteiger partial charge in [-0.3, -0.25) is 9.78 Å².